The zero-order valence-electron chi connectivity index (χ0n) is 11.6. The quantitative estimate of drug-likeness (QED) is 0.804. The topological polar surface area (TPSA) is 41.9 Å². The second-order valence-electron chi connectivity index (χ2n) is 4.92. The smallest absolute Gasteiger partial charge is 0.119 e. The standard InChI is InChI=1S/C14H23NO3/c1-14(2,11-16)15(3)9-10-18-13-7-5-12(17-4)6-8-13/h5-8,16H,9-11H2,1-4H3. The van der Waals surface area contributed by atoms with Crippen molar-refractivity contribution in [3.63, 3.8) is 0 Å². The Morgan fingerprint density at radius 3 is 2.22 bits per heavy atom. The number of nitrogens with zero attached hydrogens (tertiary/aromatic N) is 1. The van der Waals surface area contributed by atoms with Crippen LogP contribution < -0.4 is 9.47 Å². The molecule has 0 saturated heterocycles. The van der Waals surface area contributed by atoms with Crippen LogP contribution >= 0.6 is 0 Å². The lowest BCUT2D eigenvalue weighted by molar-refractivity contribution is 0.0678. The van der Waals surface area contributed by atoms with E-state index in [9.17, 15) is 5.11 Å². The van der Waals surface area contributed by atoms with Crippen LogP contribution in [0.5, 0.6) is 11.5 Å². The molecule has 1 rings (SSSR count). The molecule has 1 N–H and O–H groups in total. The summed E-state index contributed by atoms with van der Waals surface area (Å²) in [6, 6.07) is 7.51. The van der Waals surface area contributed by atoms with Gasteiger partial charge >= 0.3 is 0 Å². The zero-order valence-corrected chi connectivity index (χ0v) is 11.6. The molecule has 0 aliphatic rings. The van der Waals surface area contributed by atoms with Gasteiger partial charge < -0.3 is 14.6 Å². The molecule has 0 amide bonds. The monoisotopic (exact) mass is 253 g/mol. The highest BCUT2D eigenvalue weighted by atomic mass is 16.5. The molecule has 4 nitrogen and oxygen atoms in total. The van der Waals surface area contributed by atoms with Gasteiger partial charge in [-0.2, -0.15) is 0 Å². The highest BCUT2D eigenvalue weighted by molar-refractivity contribution is 5.31. The molecular formula is C14H23NO3. The molecule has 0 bridgehead atoms. The number of hydrogen-bond acceptors (Lipinski definition) is 4. The van der Waals surface area contributed by atoms with E-state index in [1.165, 1.54) is 0 Å². The van der Waals surface area contributed by atoms with Crippen molar-refractivity contribution < 1.29 is 14.6 Å². The summed E-state index contributed by atoms with van der Waals surface area (Å²) in [5.41, 5.74) is -0.219. The molecule has 0 aliphatic carbocycles. The maximum atomic E-state index is 9.24. The average molecular weight is 253 g/mol. The Hall–Kier alpha value is -1.26. The van der Waals surface area contributed by atoms with Gasteiger partial charge in [-0.05, 0) is 45.2 Å². The third-order valence-corrected chi connectivity index (χ3v) is 3.18. The summed E-state index contributed by atoms with van der Waals surface area (Å²) in [4.78, 5) is 2.08. The second kappa shape index (κ2) is 6.61. The van der Waals surface area contributed by atoms with Crippen LogP contribution in [0.3, 0.4) is 0 Å². The fourth-order valence-corrected chi connectivity index (χ4v) is 1.40. The number of rotatable bonds is 7. The first-order valence-corrected chi connectivity index (χ1v) is 6.08. The molecule has 4 heteroatoms. The molecule has 102 valence electrons. The minimum atomic E-state index is -0.219. The van der Waals surface area contributed by atoms with Gasteiger partial charge in [0.15, 0.2) is 0 Å². The number of ether oxygens (including phenoxy) is 2. The number of benzene rings is 1. The summed E-state index contributed by atoms with van der Waals surface area (Å²) >= 11 is 0. The molecular weight excluding hydrogens is 230 g/mol. The van der Waals surface area contributed by atoms with Gasteiger partial charge in [0.05, 0.1) is 13.7 Å². The summed E-state index contributed by atoms with van der Waals surface area (Å²) in [6.45, 7) is 5.48. The molecule has 0 radical (unpaired) electrons. The molecule has 0 aliphatic heterocycles. The van der Waals surface area contributed by atoms with E-state index in [4.69, 9.17) is 9.47 Å². The molecule has 0 saturated carbocycles. The molecule has 18 heavy (non-hydrogen) atoms. The van der Waals surface area contributed by atoms with Crippen molar-refractivity contribution in [2.24, 2.45) is 0 Å². The van der Waals surface area contributed by atoms with Gasteiger partial charge in [0.25, 0.3) is 0 Å². The van der Waals surface area contributed by atoms with Crippen LogP contribution in [0, 0.1) is 0 Å². The van der Waals surface area contributed by atoms with E-state index in [1.54, 1.807) is 7.11 Å². The van der Waals surface area contributed by atoms with Crippen molar-refractivity contribution >= 4 is 0 Å². The molecule has 0 heterocycles. The van der Waals surface area contributed by atoms with E-state index in [0.717, 1.165) is 18.0 Å². The van der Waals surface area contributed by atoms with Gasteiger partial charge in [-0.3, -0.25) is 4.90 Å². The van der Waals surface area contributed by atoms with Crippen molar-refractivity contribution in [2.45, 2.75) is 19.4 Å². The van der Waals surface area contributed by atoms with Crippen molar-refractivity contribution in [3.05, 3.63) is 24.3 Å². The van der Waals surface area contributed by atoms with Crippen LogP contribution in [-0.2, 0) is 0 Å². The Kier molecular flexibility index (Phi) is 5.44. The second-order valence-corrected chi connectivity index (χ2v) is 4.92. The van der Waals surface area contributed by atoms with Crippen LogP contribution in [0.1, 0.15) is 13.8 Å². The molecule has 0 fully saturated rings. The number of aliphatic hydroxyl groups excluding tert-OH is 1. The number of likely N-dealkylation sites (N-methyl/N-ethyl adjacent to an activating group) is 1. The van der Waals surface area contributed by atoms with Crippen LogP contribution in [0.15, 0.2) is 24.3 Å². The Morgan fingerprint density at radius 2 is 1.72 bits per heavy atom. The van der Waals surface area contributed by atoms with Gasteiger partial charge in [-0.25, -0.2) is 0 Å². The third-order valence-electron chi connectivity index (χ3n) is 3.18. The first kappa shape index (κ1) is 14.8. The SMILES string of the molecule is COc1ccc(OCCN(C)C(C)(C)CO)cc1. The van der Waals surface area contributed by atoms with E-state index < -0.39 is 0 Å². The maximum absolute atomic E-state index is 9.24. The molecule has 0 spiro atoms. The van der Waals surface area contributed by atoms with Crippen molar-refractivity contribution in [2.75, 3.05) is 33.9 Å². The summed E-state index contributed by atoms with van der Waals surface area (Å²) in [5, 5.41) is 9.24. The van der Waals surface area contributed by atoms with Crippen molar-refractivity contribution in [1.82, 2.24) is 4.90 Å². The minimum Gasteiger partial charge on any atom is -0.497 e. The highest BCUT2D eigenvalue weighted by Crippen LogP contribution is 2.17. The minimum absolute atomic E-state index is 0.131. The number of aliphatic hydroxyl groups is 1. The lowest BCUT2D eigenvalue weighted by atomic mass is 10.1. The predicted octanol–water partition coefficient (Wildman–Crippen LogP) is 1.78. The number of methoxy groups -OCH3 is 1. The van der Waals surface area contributed by atoms with E-state index in [1.807, 2.05) is 45.2 Å². The molecule has 1 aromatic rings. The van der Waals surface area contributed by atoms with E-state index >= 15 is 0 Å². The Balaban J connectivity index is 2.37. The fraction of sp³-hybridized carbons (Fsp3) is 0.571. The van der Waals surface area contributed by atoms with E-state index in [0.29, 0.717) is 6.61 Å². The largest absolute Gasteiger partial charge is 0.497 e. The van der Waals surface area contributed by atoms with Gasteiger partial charge in [-0.1, -0.05) is 0 Å². The average Bonchev–Trinajstić information content (AvgIpc) is 2.39. The lowest BCUT2D eigenvalue weighted by Gasteiger charge is -2.33. The Bertz CT molecular complexity index is 349. The van der Waals surface area contributed by atoms with E-state index in [2.05, 4.69) is 4.90 Å². The van der Waals surface area contributed by atoms with E-state index in [-0.39, 0.29) is 12.1 Å². The Morgan fingerprint density at radius 1 is 1.17 bits per heavy atom. The van der Waals surface area contributed by atoms with Crippen LogP contribution in [-0.4, -0.2) is 49.5 Å². The fourth-order valence-electron chi connectivity index (χ4n) is 1.40. The summed E-state index contributed by atoms with van der Waals surface area (Å²) in [7, 11) is 3.62. The molecule has 0 unspecified atom stereocenters. The summed E-state index contributed by atoms with van der Waals surface area (Å²) in [6.07, 6.45) is 0. The lowest BCUT2D eigenvalue weighted by Crippen LogP contribution is -2.45. The van der Waals surface area contributed by atoms with Gasteiger partial charge in [0.1, 0.15) is 18.1 Å². The summed E-state index contributed by atoms with van der Waals surface area (Å²) < 4.78 is 10.7. The van der Waals surface area contributed by atoms with Crippen LogP contribution in [0.4, 0.5) is 0 Å². The first-order chi connectivity index (χ1) is 8.49. The van der Waals surface area contributed by atoms with Crippen LogP contribution in [0.2, 0.25) is 0 Å². The summed E-state index contributed by atoms with van der Waals surface area (Å²) in [5.74, 6) is 1.65. The van der Waals surface area contributed by atoms with Crippen molar-refractivity contribution in [1.29, 1.82) is 0 Å². The normalized spacial score (nSPS) is 11.7. The Labute approximate surface area is 109 Å². The maximum Gasteiger partial charge on any atom is 0.119 e. The van der Waals surface area contributed by atoms with Crippen molar-refractivity contribution in [3.8, 4) is 11.5 Å². The molecule has 1 aromatic carbocycles. The van der Waals surface area contributed by atoms with Gasteiger partial charge in [0.2, 0.25) is 0 Å². The zero-order chi connectivity index (χ0) is 13.6. The first-order valence-electron chi connectivity index (χ1n) is 6.08. The third kappa shape index (κ3) is 4.20. The van der Waals surface area contributed by atoms with Gasteiger partial charge in [0, 0.05) is 12.1 Å². The molecule has 0 atom stereocenters. The predicted molar refractivity (Wildman–Crippen MR) is 72.3 cm³/mol. The molecule has 0 aromatic heterocycles. The highest BCUT2D eigenvalue weighted by Gasteiger charge is 2.21. The van der Waals surface area contributed by atoms with Crippen LogP contribution in [0.25, 0.3) is 0 Å². The number of hydrogen-bond donors (Lipinski definition) is 1. The van der Waals surface area contributed by atoms with Gasteiger partial charge in [-0.15, -0.1) is 0 Å².